The van der Waals surface area contributed by atoms with Gasteiger partial charge in [-0.2, -0.15) is 0 Å². The second-order valence-corrected chi connectivity index (χ2v) is 2.14. The molecule has 1 N–H and O–H groups in total. The summed E-state index contributed by atoms with van der Waals surface area (Å²) in [5, 5.41) is 7.90. The first-order valence-corrected chi connectivity index (χ1v) is 2.85. The van der Waals surface area contributed by atoms with Crippen molar-refractivity contribution in [2.24, 2.45) is 5.41 Å². The van der Waals surface area contributed by atoms with E-state index in [9.17, 15) is 31.1 Å². The maximum absolute atomic E-state index is 11.8. The van der Waals surface area contributed by atoms with Gasteiger partial charge in [0.1, 0.15) is 0 Å². The Hall–Kier alpha value is -0.950. The predicted molar refractivity (Wildman–Crippen MR) is 28.1 cm³/mol. The van der Waals surface area contributed by atoms with Crippen molar-refractivity contribution in [3.8, 4) is 0 Å². The zero-order valence-corrected chi connectivity index (χ0v) is 5.86. The summed E-state index contributed by atoms with van der Waals surface area (Å²) in [5.74, 6) is -2.91. The maximum atomic E-state index is 11.8. The first-order chi connectivity index (χ1) is 5.77. The molecule has 0 aliphatic heterocycles. The Labute approximate surface area is 68.1 Å². The van der Waals surface area contributed by atoms with Crippen molar-refractivity contribution in [3.05, 3.63) is 0 Å². The van der Waals surface area contributed by atoms with E-state index in [0.717, 1.165) is 0 Å². The fraction of sp³-hybridized carbons (Fsp3) is 0.800. The Morgan fingerprint density at radius 2 is 1.15 bits per heavy atom. The van der Waals surface area contributed by atoms with Crippen molar-refractivity contribution in [2.75, 3.05) is 0 Å². The second kappa shape index (κ2) is 3.84. The molecule has 0 aromatic carbocycles. The molecule has 2 nitrogen and oxygen atoms in total. The maximum Gasteiger partial charge on any atom is 0.327 e. The lowest BCUT2D eigenvalue weighted by molar-refractivity contribution is -0.208. The van der Waals surface area contributed by atoms with Crippen molar-refractivity contribution < 1.29 is 36.2 Å². The molecule has 0 bridgehead atoms. The van der Waals surface area contributed by atoms with Gasteiger partial charge in [0, 0.05) is 0 Å². The fourth-order valence-corrected chi connectivity index (χ4v) is 0.566. The Kier molecular flexibility index (Phi) is 3.56. The van der Waals surface area contributed by atoms with Crippen LogP contribution in [0.25, 0.3) is 0 Å². The van der Waals surface area contributed by atoms with Gasteiger partial charge in [0.15, 0.2) is 0 Å². The van der Waals surface area contributed by atoms with Gasteiger partial charge < -0.3 is 5.11 Å². The monoisotopic (exact) mass is 210 g/mol. The number of hydrogen-bond donors (Lipinski definition) is 1. The van der Waals surface area contributed by atoms with Crippen LogP contribution in [-0.4, -0.2) is 30.4 Å². The predicted octanol–water partition coefficient (Wildman–Crippen LogP) is 1.85. The molecule has 78 valence electrons. The lowest BCUT2D eigenvalue weighted by Crippen LogP contribution is -2.50. The van der Waals surface area contributed by atoms with Crippen LogP contribution in [0.2, 0.25) is 0 Å². The number of halogens is 6. The van der Waals surface area contributed by atoms with E-state index in [4.69, 9.17) is 5.11 Å². The molecule has 0 aliphatic carbocycles. The lowest BCUT2D eigenvalue weighted by Gasteiger charge is -2.26. The van der Waals surface area contributed by atoms with E-state index in [2.05, 4.69) is 0 Å². The number of rotatable bonds is 4. The third-order valence-electron chi connectivity index (χ3n) is 1.45. The van der Waals surface area contributed by atoms with Gasteiger partial charge in [-0.1, -0.05) is 0 Å². The van der Waals surface area contributed by atoms with Crippen molar-refractivity contribution in [2.45, 2.75) is 19.3 Å². The van der Waals surface area contributed by atoms with E-state index in [1.165, 1.54) is 0 Å². The van der Waals surface area contributed by atoms with Gasteiger partial charge in [-0.15, -0.1) is 0 Å². The number of carbonyl (C=O) groups is 1. The summed E-state index contributed by atoms with van der Waals surface area (Å²) in [5.41, 5.74) is -4.58. The summed E-state index contributed by atoms with van der Waals surface area (Å²) in [7, 11) is 0. The molecule has 0 atom stereocenters. The standard InChI is InChI=1S/C5H4F6O2/c6-1(7)5(2(8)9,3(10)11)4(12)13/h1-3H,(H,12,13). The summed E-state index contributed by atoms with van der Waals surface area (Å²) < 4.78 is 70.6. The Morgan fingerprint density at radius 3 is 1.15 bits per heavy atom. The summed E-state index contributed by atoms with van der Waals surface area (Å²) >= 11 is 0. The van der Waals surface area contributed by atoms with Crippen molar-refractivity contribution in [1.29, 1.82) is 0 Å². The average Bonchev–Trinajstić information content (AvgIpc) is 1.82. The van der Waals surface area contributed by atoms with E-state index < -0.39 is 30.7 Å². The van der Waals surface area contributed by atoms with Gasteiger partial charge in [0.25, 0.3) is 19.3 Å². The first-order valence-electron chi connectivity index (χ1n) is 2.85. The SMILES string of the molecule is O=C(O)C(C(F)F)(C(F)F)C(F)F. The van der Waals surface area contributed by atoms with Crippen LogP contribution in [0.4, 0.5) is 26.3 Å². The Morgan fingerprint density at radius 1 is 0.923 bits per heavy atom. The van der Waals surface area contributed by atoms with Crippen LogP contribution < -0.4 is 0 Å². The minimum atomic E-state index is -4.58. The highest BCUT2D eigenvalue weighted by Gasteiger charge is 2.63. The highest BCUT2D eigenvalue weighted by molar-refractivity contribution is 5.76. The number of alkyl halides is 6. The molecule has 0 aromatic rings. The minimum absolute atomic E-state index is 2.91. The molecule has 0 saturated heterocycles. The third-order valence-corrected chi connectivity index (χ3v) is 1.45. The fourth-order valence-electron chi connectivity index (χ4n) is 0.566. The summed E-state index contributed by atoms with van der Waals surface area (Å²) in [4.78, 5) is 9.91. The molecular weight excluding hydrogens is 206 g/mol. The van der Waals surface area contributed by atoms with E-state index in [1.807, 2.05) is 0 Å². The highest BCUT2D eigenvalue weighted by Crippen LogP contribution is 2.39. The van der Waals surface area contributed by atoms with Gasteiger partial charge >= 0.3 is 5.97 Å². The van der Waals surface area contributed by atoms with Crippen molar-refractivity contribution in [1.82, 2.24) is 0 Å². The number of aliphatic carboxylic acids is 1. The van der Waals surface area contributed by atoms with Gasteiger partial charge in [0.2, 0.25) is 5.41 Å². The molecule has 8 heteroatoms. The first kappa shape index (κ1) is 12.0. The van der Waals surface area contributed by atoms with E-state index in [1.54, 1.807) is 0 Å². The van der Waals surface area contributed by atoms with Gasteiger partial charge in [-0.05, 0) is 0 Å². The molecule has 0 amide bonds. The number of hydrogen-bond acceptors (Lipinski definition) is 1. The van der Waals surface area contributed by atoms with Crippen LogP contribution in [0, 0.1) is 5.41 Å². The molecule has 13 heavy (non-hydrogen) atoms. The smallest absolute Gasteiger partial charge is 0.327 e. The highest BCUT2D eigenvalue weighted by atomic mass is 19.3. The van der Waals surface area contributed by atoms with E-state index >= 15 is 0 Å². The van der Waals surface area contributed by atoms with Crippen LogP contribution in [0.3, 0.4) is 0 Å². The molecule has 0 unspecified atom stereocenters. The second-order valence-electron chi connectivity index (χ2n) is 2.14. The van der Waals surface area contributed by atoms with Gasteiger partial charge in [0.05, 0.1) is 0 Å². The number of carboxylic acid groups (broad SMARTS) is 1. The van der Waals surface area contributed by atoms with Crippen molar-refractivity contribution >= 4 is 5.97 Å². The van der Waals surface area contributed by atoms with E-state index in [0.29, 0.717) is 0 Å². The summed E-state index contributed by atoms with van der Waals surface area (Å²) in [6.07, 6.45) is -13.0. The number of carboxylic acids is 1. The summed E-state index contributed by atoms with van der Waals surface area (Å²) in [6, 6.07) is 0. The molecule has 0 saturated carbocycles. The van der Waals surface area contributed by atoms with Crippen LogP contribution in [-0.2, 0) is 4.79 Å². The molecule has 0 spiro atoms. The van der Waals surface area contributed by atoms with Gasteiger partial charge in [-0.25, -0.2) is 26.3 Å². The van der Waals surface area contributed by atoms with Crippen LogP contribution in [0.1, 0.15) is 0 Å². The quantitative estimate of drug-likeness (QED) is 0.719. The topological polar surface area (TPSA) is 37.3 Å². The van der Waals surface area contributed by atoms with Crippen LogP contribution >= 0.6 is 0 Å². The molecule has 0 fully saturated rings. The summed E-state index contributed by atoms with van der Waals surface area (Å²) in [6.45, 7) is 0. The zero-order valence-electron chi connectivity index (χ0n) is 5.86. The Bertz CT molecular complexity index is 170. The largest absolute Gasteiger partial charge is 0.480 e. The zero-order chi connectivity index (χ0) is 10.8. The minimum Gasteiger partial charge on any atom is -0.480 e. The lowest BCUT2D eigenvalue weighted by atomic mass is 9.90. The molecule has 0 radical (unpaired) electrons. The molecular formula is C5H4F6O2. The van der Waals surface area contributed by atoms with Crippen molar-refractivity contribution in [3.63, 3.8) is 0 Å². The normalized spacial score (nSPS) is 13.0. The molecule has 0 aromatic heterocycles. The molecule has 0 rings (SSSR count). The Balaban J connectivity index is 5.19. The van der Waals surface area contributed by atoms with Crippen LogP contribution in [0.5, 0.6) is 0 Å². The molecule has 0 aliphatic rings. The average molecular weight is 210 g/mol. The third kappa shape index (κ3) is 1.70. The van der Waals surface area contributed by atoms with E-state index in [-0.39, 0.29) is 0 Å². The van der Waals surface area contributed by atoms with Gasteiger partial charge in [-0.3, -0.25) is 4.79 Å². The molecule has 0 heterocycles. The van der Waals surface area contributed by atoms with Crippen LogP contribution in [0.15, 0.2) is 0 Å².